The third-order valence-electron chi connectivity index (χ3n) is 2.90. The van der Waals surface area contributed by atoms with Gasteiger partial charge in [-0.15, -0.1) is 11.6 Å². The first-order valence-corrected chi connectivity index (χ1v) is 5.93. The smallest absolute Gasteiger partial charge is 0.299 e. The third kappa shape index (κ3) is 5.07. The van der Waals surface area contributed by atoms with Crippen LogP contribution in [0.3, 0.4) is 0 Å². The van der Waals surface area contributed by atoms with Crippen molar-refractivity contribution in [2.75, 3.05) is 19.0 Å². The lowest BCUT2D eigenvalue weighted by Gasteiger charge is -2.28. The number of nitrogens with zero attached hydrogens (tertiary/aromatic N) is 1. The van der Waals surface area contributed by atoms with E-state index >= 15 is 0 Å². The van der Waals surface area contributed by atoms with Crippen LogP contribution in [-0.4, -0.2) is 36.1 Å². The first-order chi connectivity index (χ1) is 7.03. The van der Waals surface area contributed by atoms with Crippen molar-refractivity contribution in [3.63, 3.8) is 0 Å². The van der Waals surface area contributed by atoms with E-state index in [4.69, 9.17) is 11.6 Å². The van der Waals surface area contributed by atoms with Gasteiger partial charge >= 0.3 is 6.18 Å². The van der Waals surface area contributed by atoms with E-state index in [0.29, 0.717) is 18.5 Å². The van der Waals surface area contributed by atoms with E-state index in [1.54, 1.807) is 0 Å². The number of halogens is 4. The summed E-state index contributed by atoms with van der Waals surface area (Å²) in [4.78, 5) is 1.90. The highest BCUT2D eigenvalue weighted by molar-refractivity contribution is 6.18. The van der Waals surface area contributed by atoms with Crippen LogP contribution in [0.15, 0.2) is 0 Å². The van der Waals surface area contributed by atoms with Gasteiger partial charge in [0, 0.05) is 25.0 Å². The molecule has 1 aliphatic rings. The summed E-state index contributed by atoms with van der Waals surface area (Å²) in [7, 11) is 0. The van der Waals surface area contributed by atoms with Crippen LogP contribution in [0, 0.1) is 0 Å². The SMILES string of the molecule is FC(F)(F)CCN(CCCl)C1CCCC1. The second-order valence-electron chi connectivity index (χ2n) is 4.03. The average Bonchev–Trinajstić information content (AvgIpc) is 2.63. The van der Waals surface area contributed by atoms with Crippen LogP contribution in [0.25, 0.3) is 0 Å². The second-order valence-corrected chi connectivity index (χ2v) is 4.41. The summed E-state index contributed by atoms with van der Waals surface area (Å²) in [5, 5.41) is 0. The van der Waals surface area contributed by atoms with E-state index < -0.39 is 12.6 Å². The number of rotatable bonds is 5. The Balaban J connectivity index is 2.35. The molecule has 5 heteroatoms. The third-order valence-corrected chi connectivity index (χ3v) is 3.06. The highest BCUT2D eigenvalue weighted by Crippen LogP contribution is 2.26. The molecule has 1 saturated carbocycles. The molecule has 0 spiro atoms. The monoisotopic (exact) mass is 243 g/mol. The maximum absolute atomic E-state index is 12.1. The highest BCUT2D eigenvalue weighted by Gasteiger charge is 2.30. The summed E-state index contributed by atoms with van der Waals surface area (Å²) in [6, 6.07) is 0.325. The van der Waals surface area contributed by atoms with Gasteiger partial charge in [0.2, 0.25) is 0 Å². The molecule has 1 rings (SSSR count). The zero-order valence-electron chi connectivity index (χ0n) is 8.69. The van der Waals surface area contributed by atoms with Crippen LogP contribution < -0.4 is 0 Å². The molecule has 0 unspecified atom stereocenters. The minimum Gasteiger partial charge on any atom is -0.299 e. The zero-order chi connectivity index (χ0) is 11.3. The lowest BCUT2D eigenvalue weighted by atomic mass is 10.2. The Bertz CT molecular complexity index is 178. The Morgan fingerprint density at radius 1 is 1.13 bits per heavy atom. The molecule has 0 atom stereocenters. The van der Waals surface area contributed by atoms with Crippen LogP contribution in [0.1, 0.15) is 32.1 Å². The van der Waals surface area contributed by atoms with Crippen LogP contribution >= 0.6 is 11.6 Å². The second kappa shape index (κ2) is 5.94. The first-order valence-electron chi connectivity index (χ1n) is 5.39. The molecule has 0 aromatic heterocycles. The van der Waals surface area contributed by atoms with E-state index in [2.05, 4.69) is 0 Å². The number of hydrogen-bond acceptors (Lipinski definition) is 1. The van der Waals surface area contributed by atoms with Gasteiger partial charge in [-0.2, -0.15) is 13.2 Å². The van der Waals surface area contributed by atoms with Crippen molar-refractivity contribution < 1.29 is 13.2 Å². The maximum atomic E-state index is 12.1. The molecule has 0 aromatic carbocycles. The molecule has 0 aliphatic heterocycles. The van der Waals surface area contributed by atoms with Crippen molar-refractivity contribution >= 4 is 11.6 Å². The molecule has 1 nitrogen and oxygen atoms in total. The van der Waals surface area contributed by atoms with Gasteiger partial charge in [0.05, 0.1) is 6.42 Å². The van der Waals surface area contributed by atoms with Gasteiger partial charge in [-0.05, 0) is 12.8 Å². The molecular weight excluding hydrogens is 227 g/mol. The minimum atomic E-state index is -4.05. The quantitative estimate of drug-likeness (QED) is 0.669. The van der Waals surface area contributed by atoms with Crippen molar-refractivity contribution in [1.29, 1.82) is 0 Å². The summed E-state index contributed by atoms with van der Waals surface area (Å²) in [5.41, 5.74) is 0. The van der Waals surface area contributed by atoms with E-state index in [1.165, 1.54) is 0 Å². The van der Waals surface area contributed by atoms with Crippen molar-refractivity contribution in [3.05, 3.63) is 0 Å². The van der Waals surface area contributed by atoms with Gasteiger partial charge in [-0.1, -0.05) is 12.8 Å². The molecule has 0 aromatic rings. The molecule has 0 radical (unpaired) electrons. The average molecular weight is 244 g/mol. The summed E-state index contributed by atoms with van der Waals surface area (Å²) < 4.78 is 36.3. The summed E-state index contributed by atoms with van der Waals surface area (Å²) in [5.74, 6) is 0.411. The fraction of sp³-hybridized carbons (Fsp3) is 1.00. The molecule has 1 aliphatic carbocycles. The molecule has 0 N–H and O–H groups in total. The van der Waals surface area contributed by atoms with Crippen molar-refractivity contribution in [1.82, 2.24) is 4.90 Å². The standard InChI is InChI=1S/C10H17ClF3N/c11-6-8-15(7-5-10(12,13)14)9-3-1-2-4-9/h9H,1-8H2. The molecule has 15 heavy (non-hydrogen) atoms. The Morgan fingerprint density at radius 3 is 2.20 bits per heavy atom. The van der Waals surface area contributed by atoms with Gasteiger partial charge in [-0.25, -0.2) is 0 Å². The van der Waals surface area contributed by atoms with Gasteiger partial charge < -0.3 is 0 Å². The van der Waals surface area contributed by atoms with Crippen molar-refractivity contribution in [2.24, 2.45) is 0 Å². The van der Waals surface area contributed by atoms with Crippen LogP contribution in [0.4, 0.5) is 13.2 Å². The first kappa shape index (κ1) is 13.1. The Labute approximate surface area is 93.6 Å². The van der Waals surface area contributed by atoms with Crippen molar-refractivity contribution in [2.45, 2.75) is 44.3 Å². The van der Waals surface area contributed by atoms with Gasteiger partial charge in [0.25, 0.3) is 0 Å². The fourth-order valence-electron chi connectivity index (χ4n) is 2.13. The van der Waals surface area contributed by atoms with Gasteiger partial charge in [0.1, 0.15) is 0 Å². The van der Waals surface area contributed by atoms with E-state index in [-0.39, 0.29) is 6.54 Å². The fourth-order valence-corrected chi connectivity index (χ4v) is 2.34. The Morgan fingerprint density at radius 2 is 1.73 bits per heavy atom. The predicted octanol–water partition coefficient (Wildman–Crippen LogP) is 3.42. The van der Waals surface area contributed by atoms with E-state index in [1.807, 2.05) is 4.90 Å². The topological polar surface area (TPSA) is 3.24 Å². The van der Waals surface area contributed by atoms with Crippen molar-refractivity contribution in [3.8, 4) is 0 Å². The number of alkyl halides is 4. The highest BCUT2D eigenvalue weighted by atomic mass is 35.5. The largest absolute Gasteiger partial charge is 0.390 e. The molecule has 0 bridgehead atoms. The van der Waals surface area contributed by atoms with Gasteiger partial charge in [0.15, 0.2) is 0 Å². The maximum Gasteiger partial charge on any atom is 0.390 e. The molecule has 90 valence electrons. The Kier molecular flexibility index (Phi) is 5.19. The van der Waals surface area contributed by atoms with Crippen LogP contribution in [0.2, 0.25) is 0 Å². The van der Waals surface area contributed by atoms with E-state index in [0.717, 1.165) is 25.7 Å². The van der Waals surface area contributed by atoms with E-state index in [9.17, 15) is 13.2 Å². The summed E-state index contributed by atoms with van der Waals surface area (Å²) >= 11 is 5.60. The normalized spacial score (nSPS) is 19.0. The lowest BCUT2D eigenvalue weighted by molar-refractivity contribution is -0.138. The molecule has 0 saturated heterocycles. The molecule has 0 heterocycles. The molecule has 0 amide bonds. The van der Waals surface area contributed by atoms with Gasteiger partial charge in [-0.3, -0.25) is 4.90 Å². The summed E-state index contributed by atoms with van der Waals surface area (Å²) in [6.45, 7) is 0.670. The lowest BCUT2D eigenvalue weighted by Crippen LogP contribution is -2.37. The molecule has 1 fully saturated rings. The number of hydrogen-bond donors (Lipinski definition) is 0. The Hall–Kier alpha value is 0.0400. The minimum absolute atomic E-state index is 0.0981. The molecular formula is C10H17ClF3N. The predicted molar refractivity (Wildman–Crippen MR) is 55.2 cm³/mol. The zero-order valence-corrected chi connectivity index (χ0v) is 9.45. The van der Waals surface area contributed by atoms with Crippen LogP contribution in [0.5, 0.6) is 0 Å². The summed E-state index contributed by atoms with van der Waals surface area (Å²) in [6.07, 6.45) is -0.460. The van der Waals surface area contributed by atoms with Crippen LogP contribution in [-0.2, 0) is 0 Å².